The first-order valence-electron chi connectivity index (χ1n) is 11.3. The number of amides is 1. The van der Waals surface area contributed by atoms with Crippen molar-refractivity contribution in [1.29, 1.82) is 0 Å². The van der Waals surface area contributed by atoms with Crippen LogP contribution in [-0.2, 0) is 11.2 Å². The average molecular weight is 457 g/mol. The minimum Gasteiger partial charge on any atom is -0.497 e. The molecular weight excluding hydrogens is 428 g/mol. The second-order valence-electron chi connectivity index (χ2n) is 7.76. The molecule has 6 heteroatoms. The number of hydrogen-bond donors (Lipinski definition) is 1. The third-order valence-corrected chi connectivity index (χ3v) is 5.46. The molecule has 6 nitrogen and oxygen atoms in total. The largest absolute Gasteiger partial charge is 0.497 e. The molecule has 34 heavy (non-hydrogen) atoms. The Morgan fingerprint density at radius 1 is 0.941 bits per heavy atom. The van der Waals surface area contributed by atoms with Crippen molar-refractivity contribution in [3.8, 4) is 22.8 Å². The highest BCUT2D eigenvalue weighted by Crippen LogP contribution is 2.26. The normalized spacial score (nSPS) is 11.6. The van der Waals surface area contributed by atoms with Gasteiger partial charge >= 0.3 is 0 Å². The third kappa shape index (κ3) is 5.84. The van der Waals surface area contributed by atoms with Crippen LogP contribution < -0.4 is 14.8 Å². The lowest BCUT2D eigenvalue weighted by atomic mass is 9.98. The zero-order chi connectivity index (χ0) is 23.8. The fourth-order valence-electron chi connectivity index (χ4n) is 3.70. The Morgan fingerprint density at radius 3 is 2.29 bits per heavy atom. The first-order chi connectivity index (χ1) is 16.7. The number of aryl methyl sites for hydroxylation is 1. The van der Waals surface area contributed by atoms with Gasteiger partial charge in [0.25, 0.3) is 0 Å². The van der Waals surface area contributed by atoms with Gasteiger partial charge in [0.1, 0.15) is 11.5 Å². The Hall–Kier alpha value is -4.06. The molecule has 1 N–H and O–H groups in total. The fraction of sp³-hybridized carbons (Fsp3) is 0.214. The van der Waals surface area contributed by atoms with Crippen molar-refractivity contribution in [2.45, 2.75) is 25.8 Å². The van der Waals surface area contributed by atoms with Crippen molar-refractivity contribution in [3.63, 3.8) is 0 Å². The lowest BCUT2D eigenvalue weighted by Crippen LogP contribution is -2.29. The van der Waals surface area contributed by atoms with E-state index in [2.05, 4.69) is 10.3 Å². The van der Waals surface area contributed by atoms with E-state index in [4.69, 9.17) is 13.9 Å². The predicted octanol–water partition coefficient (Wildman–Crippen LogP) is 5.59. The van der Waals surface area contributed by atoms with Crippen molar-refractivity contribution in [1.82, 2.24) is 10.3 Å². The number of benzene rings is 3. The summed E-state index contributed by atoms with van der Waals surface area (Å²) >= 11 is 0. The summed E-state index contributed by atoms with van der Waals surface area (Å²) in [6.45, 7) is 2.56. The molecule has 4 aromatic rings. The molecule has 1 amide bonds. The second-order valence-corrected chi connectivity index (χ2v) is 7.76. The second kappa shape index (κ2) is 11.2. The Morgan fingerprint density at radius 2 is 1.62 bits per heavy atom. The molecule has 0 aliphatic carbocycles. The minimum atomic E-state index is -0.260. The molecule has 1 unspecified atom stereocenters. The molecule has 3 aromatic carbocycles. The van der Waals surface area contributed by atoms with E-state index in [1.165, 1.54) is 0 Å². The van der Waals surface area contributed by atoms with Crippen LogP contribution in [0.25, 0.3) is 11.3 Å². The molecule has 0 aliphatic rings. The summed E-state index contributed by atoms with van der Waals surface area (Å²) in [7, 11) is 1.63. The lowest BCUT2D eigenvalue weighted by molar-refractivity contribution is -0.121. The maximum atomic E-state index is 12.9. The number of aromatic nitrogens is 1. The van der Waals surface area contributed by atoms with Gasteiger partial charge in [-0.25, -0.2) is 4.98 Å². The van der Waals surface area contributed by atoms with Crippen molar-refractivity contribution in [2.24, 2.45) is 0 Å². The summed E-state index contributed by atoms with van der Waals surface area (Å²) in [6, 6.07) is 25.0. The van der Waals surface area contributed by atoms with Gasteiger partial charge in [0, 0.05) is 18.4 Å². The van der Waals surface area contributed by atoms with Crippen LogP contribution in [0.3, 0.4) is 0 Å². The Bertz CT molecular complexity index is 1190. The fourth-order valence-corrected chi connectivity index (χ4v) is 3.70. The van der Waals surface area contributed by atoms with E-state index in [1.54, 1.807) is 13.3 Å². The smallest absolute Gasteiger partial charge is 0.221 e. The molecule has 0 bridgehead atoms. The molecule has 0 fully saturated rings. The number of hydrogen-bond acceptors (Lipinski definition) is 5. The number of nitrogens with zero attached hydrogens (tertiary/aromatic N) is 1. The first kappa shape index (κ1) is 23.1. The standard InChI is InChI=1S/C28H28N2O4/c1-3-33-24-15-11-22(12-16-24)28(21-7-5-4-6-8-21)30-26(31)17-18-27-29-19-25(34-27)20-9-13-23(32-2)14-10-20/h4-16,19,28H,3,17-18H2,1-2H3,(H,30,31). The van der Waals surface area contributed by atoms with Gasteiger partial charge in [-0.2, -0.15) is 0 Å². The number of nitrogens with one attached hydrogen (secondary N) is 1. The van der Waals surface area contributed by atoms with E-state index in [9.17, 15) is 4.79 Å². The van der Waals surface area contributed by atoms with E-state index in [0.717, 1.165) is 28.2 Å². The molecule has 174 valence electrons. The zero-order valence-electron chi connectivity index (χ0n) is 19.4. The molecule has 0 saturated heterocycles. The maximum Gasteiger partial charge on any atom is 0.221 e. The topological polar surface area (TPSA) is 73.6 Å². The van der Waals surface area contributed by atoms with Gasteiger partial charge in [-0.15, -0.1) is 0 Å². The SMILES string of the molecule is CCOc1ccc(C(NC(=O)CCc2ncc(-c3ccc(OC)cc3)o2)c2ccccc2)cc1. The Balaban J connectivity index is 1.41. The zero-order valence-corrected chi connectivity index (χ0v) is 19.4. The minimum absolute atomic E-state index is 0.0769. The number of carbonyl (C=O) groups is 1. The third-order valence-electron chi connectivity index (χ3n) is 5.46. The van der Waals surface area contributed by atoms with Crippen LogP contribution in [0.15, 0.2) is 89.5 Å². The highest BCUT2D eigenvalue weighted by molar-refractivity contribution is 5.77. The Labute approximate surface area is 199 Å². The molecule has 1 atom stereocenters. The first-order valence-corrected chi connectivity index (χ1v) is 11.3. The van der Waals surface area contributed by atoms with Gasteiger partial charge in [-0.3, -0.25) is 4.79 Å². The van der Waals surface area contributed by atoms with Crippen LogP contribution in [0, 0.1) is 0 Å². The molecule has 0 aliphatic heterocycles. The van der Waals surface area contributed by atoms with Gasteiger partial charge in [-0.05, 0) is 54.4 Å². The average Bonchev–Trinajstić information content (AvgIpc) is 3.36. The predicted molar refractivity (Wildman–Crippen MR) is 131 cm³/mol. The van der Waals surface area contributed by atoms with Crippen molar-refractivity contribution < 1.29 is 18.7 Å². The van der Waals surface area contributed by atoms with Gasteiger partial charge < -0.3 is 19.2 Å². The number of carbonyl (C=O) groups excluding carboxylic acids is 1. The van der Waals surface area contributed by atoms with Crippen LogP contribution in [-0.4, -0.2) is 24.6 Å². The summed E-state index contributed by atoms with van der Waals surface area (Å²) < 4.78 is 16.6. The lowest BCUT2D eigenvalue weighted by Gasteiger charge is -2.20. The summed E-state index contributed by atoms with van der Waals surface area (Å²) in [6.07, 6.45) is 2.36. The highest BCUT2D eigenvalue weighted by atomic mass is 16.5. The summed E-state index contributed by atoms with van der Waals surface area (Å²) in [5.41, 5.74) is 2.91. The number of oxazole rings is 1. The quantitative estimate of drug-likeness (QED) is 0.337. The summed E-state index contributed by atoms with van der Waals surface area (Å²) in [5, 5.41) is 3.16. The molecule has 1 aromatic heterocycles. The van der Waals surface area contributed by atoms with Crippen molar-refractivity contribution >= 4 is 5.91 Å². The highest BCUT2D eigenvalue weighted by Gasteiger charge is 2.18. The molecule has 0 saturated carbocycles. The van der Waals surface area contributed by atoms with E-state index < -0.39 is 0 Å². The van der Waals surface area contributed by atoms with Gasteiger partial charge in [0.05, 0.1) is 26.0 Å². The van der Waals surface area contributed by atoms with Crippen molar-refractivity contribution in [2.75, 3.05) is 13.7 Å². The number of methoxy groups -OCH3 is 1. The van der Waals surface area contributed by atoms with Crippen LogP contribution in [0.5, 0.6) is 11.5 Å². The maximum absolute atomic E-state index is 12.9. The monoisotopic (exact) mass is 456 g/mol. The summed E-state index contributed by atoms with van der Waals surface area (Å²) in [4.78, 5) is 17.2. The molecule has 0 radical (unpaired) electrons. The van der Waals surface area contributed by atoms with E-state index >= 15 is 0 Å². The van der Waals surface area contributed by atoms with Crippen LogP contribution in [0.4, 0.5) is 0 Å². The number of ether oxygens (including phenoxy) is 2. The Kier molecular flexibility index (Phi) is 7.60. The van der Waals surface area contributed by atoms with Crippen LogP contribution >= 0.6 is 0 Å². The van der Waals surface area contributed by atoms with Gasteiger partial charge in [0.15, 0.2) is 11.7 Å². The van der Waals surface area contributed by atoms with Crippen LogP contribution in [0.2, 0.25) is 0 Å². The van der Waals surface area contributed by atoms with Gasteiger partial charge in [0.2, 0.25) is 5.91 Å². The van der Waals surface area contributed by atoms with E-state index in [0.29, 0.717) is 24.7 Å². The summed E-state index contributed by atoms with van der Waals surface area (Å²) in [5.74, 6) is 2.70. The van der Waals surface area contributed by atoms with Crippen molar-refractivity contribution in [3.05, 3.63) is 102 Å². The van der Waals surface area contributed by atoms with Crippen LogP contribution in [0.1, 0.15) is 36.4 Å². The van der Waals surface area contributed by atoms with E-state index in [1.807, 2.05) is 85.8 Å². The molecule has 1 heterocycles. The number of rotatable bonds is 10. The molecule has 0 spiro atoms. The van der Waals surface area contributed by atoms with Gasteiger partial charge in [-0.1, -0.05) is 42.5 Å². The van der Waals surface area contributed by atoms with E-state index in [-0.39, 0.29) is 18.4 Å². The molecule has 4 rings (SSSR count). The molecular formula is C28H28N2O4.